The summed E-state index contributed by atoms with van der Waals surface area (Å²) in [6.45, 7) is 3.08. The molecule has 0 saturated heterocycles. The largest absolute Gasteiger partial charge is 0.453 e. The van der Waals surface area contributed by atoms with Crippen molar-refractivity contribution >= 4 is 5.65 Å². The molecule has 10 heteroatoms. The molecule has 0 atom stereocenters. The van der Waals surface area contributed by atoms with Crippen LogP contribution in [0.1, 0.15) is 17.0 Å². The highest BCUT2D eigenvalue weighted by atomic mass is 19.4. The number of halogens is 5. The molecule has 0 aliphatic carbocycles. The van der Waals surface area contributed by atoms with Crippen LogP contribution in [-0.4, -0.2) is 19.8 Å². The average molecular weight is 344 g/mol. The van der Waals surface area contributed by atoms with Crippen LogP contribution in [0.3, 0.4) is 0 Å². The van der Waals surface area contributed by atoms with Crippen molar-refractivity contribution in [3.05, 3.63) is 46.8 Å². The average Bonchev–Trinajstić information content (AvgIpc) is 2.92. The maximum Gasteiger partial charge on any atom is 0.453 e. The van der Waals surface area contributed by atoms with E-state index in [9.17, 15) is 22.0 Å². The zero-order valence-corrected chi connectivity index (χ0v) is 12.3. The van der Waals surface area contributed by atoms with Crippen molar-refractivity contribution in [2.75, 3.05) is 0 Å². The number of hydrogen-bond acceptors (Lipinski definition) is 4. The van der Waals surface area contributed by atoms with Gasteiger partial charge in [-0.15, -0.1) is 15.3 Å². The lowest BCUT2D eigenvalue weighted by atomic mass is 10.2. The van der Waals surface area contributed by atoms with Gasteiger partial charge in [0.15, 0.2) is 17.3 Å². The van der Waals surface area contributed by atoms with E-state index in [-0.39, 0.29) is 17.3 Å². The number of rotatable bonds is 2. The van der Waals surface area contributed by atoms with Gasteiger partial charge in [-0.05, 0) is 26.0 Å². The second-order valence-corrected chi connectivity index (χ2v) is 4.99. The summed E-state index contributed by atoms with van der Waals surface area (Å²) in [5, 5.41) is 10.3. The first kappa shape index (κ1) is 16.1. The van der Waals surface area contributed by atoms with Gasteiger partial charge in [-0.2, -0.15) is 17.7 Å². The van der Waals surface area contributed by atoms with Gasteiger partial charge < -0.3 is 4.74 Å². The number of fused-ring (bicyclic) bond motifs is 1. The van der Waals surface area contributed by atoms with Gasteiger partial charge in [0.25, 0.3) is 5.82 Å². The van der Waals surface area contributed by atoms with E-state index >= 15 is 0 Å². The van der Waals surface area contributed by atoms with Gasteiger partial charge >= 0.3 is 6.18 Å². The summed E-state index contributed by atoms with van der Waals surface area (Å²) < 4.78 is 70.8. The standard InChI is InChI=1S/C14H9F5N4O/c1-6-7(2)12(24-8-3-4-9(15)10(16)5-8)22-23-11(6)20-21-13(23)14(17,18)19/h3-5H,1-2H3. The third-order valence-corrected chi connectivity index (χ3v) is 3.41. The molecule has 0 unspecified atom stereocenters. The van der Waals surface area contributed by atoms with Crippen LogP contribution in [0.2, 0.25) is 0 Å². The van der Waals surface area contributed by atoms with Crippen LogP contribution in [0.25, 0.3) is 5.65 Å². The number of aryl methyl sites for hydroxylation is 1. The van der Waals surface area contributed by atoms with Crippen molar-refractivity contribution in [2.24, 2.45) is 0 Å². The monoisotopic (exact) mass is 344 g/mol. The molecule has 0 bridgehead atoms. The van der Waals surface area contributed by atoms with Gasteiger partial charge in [-0.3, -0.25) is 0 Å². The fraction of sp³-hybridized carbons (Fsp3) is 0.214. The predicted molar refractivity (Wildman–Crippen MR) is 71.7 cm³/mol. The summed E-state index contributed by atoms with van der Waals surface area (Å²) in [4.78, 5) is 0. The van der Waals surface area contributed by atoms with Crippen LogP contribution in [0.5, 0.6) is 11.6 Å². The van der Waals surface area contributed by atoms with E-state index in [4.69, 9.17) is 4.74 Å². The minimum atomic E-state index is -4.76. The van der Waals surface area contributed by atoms with Crippen molar-refractivity contribution < 1.29 is 26.7 Å². The van der Waals surface area contributed by atoms with Gasteiger partial charge in [0.2, 0.25) is 5.88 Å². The van der Waals surface area contributed by atoms with Crippen molar-refractivity contribution in [3.8, 4) is 11.6 Å². The highest BCUT2D eigenvalue weighted by molar-refractivity contribution is 5.53. The molecule has 0 saturated carbocycles. The van der Waals surface area contributed by atoms with E-state index < -0.39 is 23.6 Å². The Labute approximate surface area is 131 Å². The maximum absolute atomic E-state index is 13.2. The maximum atomic E-state index is 13.2. The highest BCUT2D eigenvalue weighted by Crippen LogP contribution is 2.31. The zero-order chi connectivity index (χ0) is 17.6. The first-order valence-corrected chi connectivity index (χ1v) is 6.61. The molecule has 3 aromatic rings. The predicted octanol–water partition coefficient (Wildman–Crippen LogP) is 3.83. The molecule has 0 amide bonds. The van der Waals surface area contributed by atoms with Gasteiger partial charge in [-0.25, -0.2) is 8.78 Å². The Morgan fingerprint density at radius 2 is 1.71 bits per heavy atom. The Kier molecular flexibility index (Phi) is 3.61. The molecule has 0 fully saturated rings. The lowest BCUT2D eigenvalue weighted by molar-refractivity contribution is -0.146. The molecule has 0 aliphatic heterocycles. The van der Waals surface area contributed by atoms with Crippen molar-refractivity contribution in [1.82, 2.24) is 19.8 Å². The van der Waals surface area contributed by atoms with Gasteiger partial charge in [0.1, 0.15) is 5.75 Å². The normalized spacial score (nSPS) is 12.0. The molecule has 2 aromatic heterocycles. The molecule has 1 aromatic carbocycles. The van der Waals surface area contributed by atoms with E-state index in [1.165, 1.54) is 6.92 Å². The van der Waals surface area contributed by atoms with Crippen LogP contribution < -0.4 is 4.74 Å². The summed E-state index contributed by atoms with van der Waals surface area (Å²) in [6.07, 6.45) is -4.76. The summed E-state index contributed by atoms with van der Waals surface area (Å²) in [5.41, 5.74) is 0.691. The third kappa shape index (κ3) is 2.63. The highest BCUT2D eigenvalue weighted by Gasteiger charge is 2.38. The lowest BCUT2D eigenvalue weighted by Crippen LogP contribution is -2.13. The Bertz CT molecular complexity index is 935. The minimum absolute atomic E-state index is 0.0718. The van der Waals surface area contributed by atoms with Crippen LogP contribution in [0.15, 0.2) is 18.2 Å². The lowest BCUT2D eigenvalue weighted by Gasteiger charge is -2.11. The number of benzene rings is 1. The topological polar surface area (TPSA) is 52.3 Å². The van der Waals surface area contributed by atoms with Gasteiger partial charge in [-0.1, -0.05) is 0 Å². The van der Waals surface area contributed by atoms with Crippen LogP contribution in [0.4, 0.5) is 22.0 Å². The van der Waals surface area contributed by atoms with Crippen molar-refractivity contribution in [3.63, 3.8) is 0 Å². The van der Waals surface area contributed by atoms with Crippen LogP contribution >= 0.6 is 0 Å². The number of nitrogens with zero attached hydrogens (tertiary/aromatic N) is 4. The molecule has 24 heavy (non-hydrogen) atoms. The summed E-state index contributed by atoms with van der Waals surface area (Å²) in [7, 11) is 0. The fourth-order valence-corrected chi connectivity index (χ4v) is 2.03. The molecular weight excluding hydrogens is 335 g/mol. The van der Waals surface area contributed by atoms with E-state index in [1.54, 1.807) is 6.92 Å². The number of ether oxygens (including phenoxy) is 1. The molecular formula is C14H9F5N4O. The summed E-state index contributed by atoms with van der Waals surface area (Å²) >= 11 is 0. The second-order valence-electron chi connectivity index (χ2n) is 4.99. The molecule has 0 spiro atoms. The quantitative estimate of drug-likeness (QED) is 0.663. The van der Waals surface area contributed by atoms with E-state index in [0.717, 1.165) is 18.2 Å². The van der Waals surface area contributed by atoms with Crippen molar-refractivity contribution in [1.29, 1.82) is 0 Å². The molecule has 0 aliphatic rings. The third-order valence-electron chi connectivity index (χ3n) is 3.41. The van der Waals surface area contributed by atoms with E-state index in [0.29, 0.717) is 15.6 Å². The summed E-state index contributed by atoms with van der Waals surface area (Å²) in [5.74, 6) is -3.84. The Hall–Kier alpha value is -2.78. The first-order chi connectivity index (χ1) is 11.2. The fourth-order valence-electron chi connectivity index (χ4n) is 2.03. The Balaban J connectivity index is 2.13. The van der Waals surface area contributed by atoms with Crippen molar-refractivity contribution in [2.45, 2.75) is 20.0 Å². The van der Waals surface area contributed by atoms with E-state index in [1.807, 2.05) is 0 Å². The Morgan fingerprint density at radius 1 is 1.00 bits per heavy atom. The number of aromatic nitrogens is 4. The molecule has 126 valence electrons. The molecule has 3 rings (SSSR count). The minimum Gasteiger partial charge on any atom is -0.437 e. The molecule has 0 N–H and O–H groups in total. The molecule has 5 nitrogen and oxygen atoms in total. The second kappa shape index (κ2) is 5.39. The van der Waals surface area contributed by atoms with E-state index in [2.05, 4.69) is 15.3 Å². The number of hydrogen-bond donors (Lipinski definition) is 0. The zero-order valence-electron chi connectivity index (χ0n) is 12.3. The first-order valence-electron chi connectivity index (χ1n) is 6.61. The SMILES string of the molecule is Cc1c(Oc2ccc(F)c(F)c2)nn2c(C(F)(F)F)nnc2c1C. The molecule has 2 heterocycles. The summed E-state index contributed by atoms with van der Waals surface area (Å²) in [6, 6.07) is 2.74. The van der Waals surface area contributed by atoms with Gasteiger partial charge in [0, 0.05) is 17.2 Å². The van der Waals surface area contributed by atoms with Gasteiger partial charge in [0.05, 0.1) is 0 Å². The van der Waals surface area contributed by atoms with Crippen LogP contribution in [-0.2, 0) is 6.18 Å². The molecule has 0 radical (unpaired) electrons. The smallest absolute Gasteiger partial charge is 0.437 e. The van der Waals surface area contributed by atoms with Crippen LogP contribution in [0, 0.1) is 25.5 Å². The number of alkyl halides is 3. The Morgan fingerprint density at radius 3 is 2.33 bits per heavy atom.